The smallest absolute Gasteiger partial charge is 0.106 e. The minimum Gasteiger partial charge on any atom is -0.346 e. The molecule has 2 heteroatoms. The van der Waals surface area contributed by atoms with Crippen molar-refractivity contribution in [3.63, 3.8) is 0 Å². The summed E-state index contributed by atoms with van der Waals surface area (Å²) in [5, 5.41) is 0. The van der Waals surface area contributed by atoms with Crippen LogP contribution in [0.2, 0.25) is 0 Å². The summed E-state index contributed by atoms with van der Waals surface area (Å²) in [4.78, 5) is 7.76. The molecule has 0 fully saturated rings. The summed E-state index contributed by atoms with van der Waals surface area (Å²) in [5.41, 5.74) is 1.64. The fraction of sp³-hybridized carbons (Fsp3) is 0.750. The highest BCUT2D eigenvalue weighted by atomic mass is 14.9. The van der Waals surface area contributed by atoms with E-state index < -0.39 is 0 Å². The Labute approximate surface area is 87.1 Å². The van der Waals surface area contributed by atoms with E-state index >= 15 is 0 Å². The van der Waals surface area contributed by atoms with Gasteiger partial charge in [-0.05, 0) is 17.8 Å². The van der Waals surface area contributed by atoms with Crippen LogP contribution in [0.5, 0.6) is 0 Å². The monoisotopic (exact) mass is 194 g/mol. The van der Waals surface area contributed by atoms with Gasteiger partial charge in [-0.1, -0.05) is 34.6 Å². The lowest BCUT2D eigenvalue weighted by atomic mass is 9.90. The average Bonchev–Trinajstić information content (AvgIpc) is 2.47. The van der Waals surface area contributed by atoms with Gasteiger partial charge < -0.3 is 4.98 Å². The van der Waals surface area contributed by atoms with Gasteiger partial charge in [0.25, 0.3) is 0 Å². The fourth-order valence-electron chi connectivity index (χ4n) is 1.29. The highest BCUT2D eigenvalue weighted by Crippen LogP contribution is 2.21. The Kier molecular flexibility index (Phi) is 3.35. The van der Waals surface area contributed by atoms with Gasteiger partial charge in [-0.15, -0.1) is 0 Å². The molecule has 0 saturated carbocycles. The number of hydrogen-bond donors (Lipinski definition) is 1. The van der Waals surface area contributed by atoms with Crippen molar-refractivity contribution in [3.8, 4) is 0 Å². The fourth-order valence-corrected chi connectivity index (χ4v) is 1.29. The van der Waals surface area contributed by atoms with E-state index in [-0.39, 0.29) is 0 Å². The van der Waals surface area contributed by atoms with Crippen molar-refractivity contribution < 1.29 is 0 Å². The van der Waals surface area contributed by atoms with Crippen molar-refractivity contribution in [2.24, 2.45) is 5.41 Å². The minimum absolute atomic E-state index is 0.394. The van der Waals surface area contributed by atoms with E-state index in [0.29, 0.717) is 11.3 Å². The zero-order valence-electron chi connectivity index (χ0n) is 10.0. The number of H-pyrrole nitrogens is 1. The van der Waals surface area contributed by atoms with Crippen LogP contribution in [0.25, 0.3) is 0 Å². The topological polar surface area (TPSA) is 28.7 Å². The summed E-state index contributed by atoms with van der Waals surface area (Å²) >= 11 is 0. The zero-order chi connectivity index (χ0) is 10.8. The van der Waals surface area contributed by atoms with Gasteiger partial charge in [0.2, 0.25) is 0 Å². The van der Waals surface area contributed by atoms with E-state index in [9.17, 15) is 0 Å². The Bertz CT molecular complexity index is 279. The summed E-state index contributed by atoms with van der Waals surface area (Å²) in [7, 11) is 0. The molecule has 0 bridgehead atoms. The van der Waals surface area contributed by atoms with Gasteiger partial charge in [0, 0.05) is 18.3 Å². The van der Waals surface area contributed by atoms with Gasteiger partial charge in [0.05, 0.1) is 0 Å². The first kappa shape index (κ1) is 11.3. The third-order valence-electron chi connectivity index (χ3n) is 2.38. The van der Waals surface area contributed by atoms with Gasteiger partial charge in [-0.2, -0.15) is 0 Å². The number of nitrogens with one attached hydrogen (secondary N) is 1. The number of imidazole rings is 1. The second kappa shape index (κ2) is 4.16. The number of aryl methyl sites for hydroxylation is 1. The van der Waals surface area contributed by atoms with E-state index in [1.54, 1.807) is 0 Å². The van der Waals surface area contributed by atoms with Crippen molar-refractivity contribution >= 4 is 0 Å². The molecular weight excluding hydrogens is 172 g/mol. The third kappa shape index (κ3) is 3.52. The molecule has 0 aromatic carbocycles. The van der Waals surface area contributed by atoms with Crippen molar-refractivity contribution in [1.82, 2.24) is 9.97 Å². The quantitative estimate of drug-likeness (QED) is 0.783. The highest BCUT2D eigenvalue weighted by molar-refractivity contribution is 5.05. The van der Waals surface area contributed by atoms with Crippen LogP contribution in [0.3, 0.4) is 0 Å². The third-order valence-corrected chi connectivity index (χ3v) is 2.38. The molecule has 1 heterocycles. The van der Waals surface area contributed by atoms with Crippen LogP contribution in [0.15, 0.2) is 6.20 Å². The molecule has 0 radical (unpaired) electrons. The maximum Gasteiger partial charge on any atom is 0.106 e. The van der Waals surface area contributed by atoms with Crippen molar-refractivity contribution in [2.45, 2.75) is 53.4 Å². The van der Waals surface area contributed by atoms with Crippen LogP contribution in [-0.4, -0.2) is 9.97 Å². The van der Waals surface area contributed by atoms with Gasteiger partial charge in [-0.3, -0.25) is 0 Å². The number of hydrogen-bond acceptors (Lipinski definition) is 1. The largest absolute Gasteiger partial charge is 0.346 e. The summed E-state index contributed by atoms with van der Waals surface area (Å²) in [5.74, 6) is 1.68. The Morgan fingerprint density at radius 2 is 2.00 bits per heavy atom. The van der Waals surface area contributed by atoms with Gasteiger partial charge >= 0.3 is 0 Å². The molecule has 0 aliphatic heterocycles. The number of rotatable bonds is 3. The predicted molar refractivity (Wildman–Crippen MR) is 60.5 cm³/mol. The van der Waals surface area contributed by atoms with Crippen LogP contribution in [-0.2, 0) is 6.42 Å². The first-order valence-corrected chi connectivity index (χ1v) is 5.42. The first-order chi connectivity index (χ1) is 6.38. The zero-order valence-corrected chi connectivity index (χ0v) is 10.0. The molecule has 0 amide bonds. The second-order valence-electron chi connectivity index (χ2n) is 5.50. The molecule has 1 aromatic rings. The molecule has 0 atom stereocenters. The summed E-state index contributed by atoms with van der Waals surface area (Å²) in [6.07, 6.45) is 4.19. The van der Waals surface area contributed by atoms with E-state index in [1.165, 1.54) is 12.1 Å². The van der Waals surface area contributed by atoms with Gasteiger partial charge in [0.15, 0.2) is 0 Å². The van der Waals surface area contributed by atoms with Crippen LogP contribution in [0.1, 0.15) is 58.5 Å². The van der Waals surface area contributed by atoms with Gasteiger partial charge in [-0.25, -0.2) is 4.98 Å². The molecule has 0 unspecified atom stereocenters. The van der Waals surface area contributed by atoms with Crippen molar-refractivity contribution in [2.75, 3.05) is 0 Å². The number of aromatic nitrogens is 2. The standard InChI is InChI=1S/C12H22N2/c1-9(2)10-8-13-11(14-10)6-7-12(3,4)5/h8-9H,6-7H2,1-5H3,(H,13,14). The van der Waals surface area contributed by atoms with Crippen LogP contribution >= 0.6 is 0 Å². The van der Waals surface area contributed by atoms with E-state index in [4.69, 9.17) is 0 Å². The summed E-state index contributed by atoms with van der Waals surface area (Å²) in [6.45, 7) is 11.2. The molecule has 0 aliphatic rings. The Balaban J connectivity index is 2.52. The van der Waals surface area contributed by atoms with Crippen LogP contribution in [0.4, 0.5) is 0 Å². The maximum atomic E-state index is 4.38. The lowest BCUT2D eigenvalue weighted by Gasteiger charge is -2.16. The molecule has 0 spiro atoms. The Morgan fingerprint density at radius 3 is 2.43 bits per heavy atom. The highest BCUT2D eigenvalue weighted by Gasteiger charge is 2.11. The van der Waals surface area contributed by atoms with E-state index in [1.807, 2.05) is 6.20 Å². The van der Waals surface area contributed by atoms with Crippen molar-refractivity contribution in [1.29, 1.82) is 0 Å². The number of aromatic amines is 1. The maximum absolute atomic E-state index is 4.38. The normalized spacial score (nSPS) is 12.4. The molecule has 0 aliphatic carbocycles. The molecule has 14 heavy (non-hydrogen) atoms. The summed E-state index contributed by atoms with van der Waals surface area (Å²) in [6, 6.07) is 0. The van der Waals surface area contributed by atoms with E-state index in [0.717, 1.165) is 12.2 Å². The Hall–Kier alpha value is -0.790. The molecule has 0 saturated heterocycles. The van der Waals surface area contributed by atoms with E-state index in [2.05, 4.69) is 44.6 Å². The van der Waals surface area contributed by atoms with Crippen LogP contribution in [0, 0.1) is 5.41 Å². The van der Waals surface area contributed by atoms with Crippen LogP contribution < -0.4 is 0 Å². The van der Waals surface area contributed by atoms with Gasteiger partial charge in [0.1, 0.15) is 5.82 Å². The minimum atomic E-state index is 0.394. The average molecular weight is 194 g/mol. The first-order valence-electron chi connectivity index (χ1n) is 5.42. The predicted octanol–water partition coefficient (Wildman–Crippen LogP) is 3.51. The Morgan fingerprint density at radius 1 is 1.36 bits per heavy atom. The van der Waals surface area contributed by atoms with Crippen molar-refractivity contribution in [3.05, 3.63) is 17.7 Å². The molecule has 1 aromatic heterocycles. The lowest BCUT2D eigenvalue weighted by molar-refractivity contribution is 0.375. The summed E-state index contributed by atoms with van der Waals surface area (Å²) < 4.78 is 0. The lowest BCUT2D eigenvalue weighted by Crippen LogP contribution is -2.07. The molecule has 1 rings (SSSR count). The molecule has 2 nitrogen and oxygen atoms in total. The molecular formula is C12H22N2. The molecule has 80 valence electrons. The number of nitrogens with zero attached hydrogens (tertiary/aromatic N) is 1. The SMILES string of the molecule is CC(C)c1cnc(CCC(C)(C)C)[nH]1. The molecule has 1 N–H and O–H groups in total. The second-order valence-corrected chi connectivity index (χ2v) is 5.50.